The lowest BCUT2D eigenvalue weighted by Gasteiger charge is -2.41. The number of aliphatic hydroxyl groups is 1. The molecule has 0 saturated carbocycles. The lowest BCUT2D eigenvalue weighted by atomic mass is 9.82. The second-order valence-corrected chi connectivity index (χ2v) is 8.25. The summed E-state index contributed by atoms with van der Waals surface area (Å²) in [6, 6.07) is 13.5. The SMILES string of the molecule is O=C1N/C(=C\c2ccc(-c3ccc(Cl)c(Cl)c3)o2)[C@@H](C(=O)c2ccccc2)[C@@](O)(C(F)(F)F)N1. The van der Waals surface area contributed by atoms with Crippen molar-refractivity contribution in [1.82, 2.24) is 10.6 Å². The maximum absolute atomic E-state index is 13.9. The summed E-state index contributed by atoms with van der Waals surface area (Å²) in [5, 5.41) is 14.8. The third kappa shape index (κ3) is 4.42. The minimum Gasteiger partial charge on any atom is -0.457 e. The molecular weight excluding hydrogens is 496 g/mol. The molecule has 0 radical (unpaired) electrons. The van der Waals surface area contributed by atoms with Crippen LogP contribution in [-0.2, 0) is 0 Å². The van der Waals surface area contributed by atoms with Gasteiger partial charge in [0, 0.05) is 22.9 Å². The van der Waals surface area contributed by atoms with Crippen LogP contribution in [0, 0.1) is 5.92 Å². The molecule has 11 heteroatoms. The second-order valence-electron chi connectivity index (χ2n) is 7.44. The van der Waals surface area contributed by atoms with Crippen molar-refractivity contribution in [2.24, 2.45) is 5.92 Å². The highest BCUT2D eigenvalue weighted by Crippen LogP contribution is 2.41. The number of halogens is 5. The standard InChI is InChI=1S/C23H15Cl2F3N2O4/c24-15-8-6-13(10-16(15)25)18-9-7-14(34-18)11-17-19(20(31)12-4-2-1-3-5-12)22(33,23(26,27)28)30-21(32)29-17/h1-11,19,33H,(H2,29,30,32)/b17-11-/t19-,22+/m0/s1. The monoisotopic (exact) mass is 510 g/mol. The van der Waals surface area contributed by atoms with E-state index < -0.39 is 35.3 Å². The van der Waals surface area contributed by atoms with E-state index in [2.05, 4.69) is 5.32 Å². The number of hydrogen-bond acceptors (Lipinski definition) is 4. The highest BCUT2D eigenvalue weighted by Gasteiger charge is 2.65. The Morgan fingerprint density at radius 3 is 2.41 bits per heavy atom. The summed E-state index contributed by atoms with van der Waals surface area (Å²) < 4.78 is 47.4. The third-order valence-electron chi connectivity index (χ3n) is 5.17. The summed E-state index contributed by atoms with van der Waals surface area (Å²) in [6.07, 6.45) is -4.31. The summed E-state index contributed by atoms with van der Waals surface area (Å²) in [7, 11) is 0. The third-order valence-corrected chi connectivity index (χ3v) is 5.91. The molecule has 2 aromatic carbocycles. The van der Waals surface area contributed by atoms with Gasteiger partial charge >= 0.3 is 12.2 Å². The summed E-state index contributed by atoms with van der Waals surface area (Å²) in [6.45, 7) is 0. The van der Waals surface area contributed by atoms with Crippen molar-refractivity contribution in [3.63, 3.8) is 0 Å². The Kier molecular flexibility index (Phi) is 6.20. The molecule has 1 aromatic heterocycles. The lowest BCUT2D eigenvalue weighted by molar-refractivity contribution is -0.279. The number of furan rings is 1. The normalized spacial score (nSPS) is 21.8. The number of ketones is 1. The van der Waals surface area contributed by atoms with Gasteiger partial charge in [-0.3, -0.25) is 4.79 Å². The topological polar surface area (TPSA) is 91.6 Å². The minimum absolute atomic E-state index is 0.0219. The fourth-order valence-electron chi connectivity index (χ4n) is 3.55. The first kappa shape index (κ1) is 23.9. The molecule has 6 nitrogen and oxygen atoms in total. The van der Waals surface area contributed by atoms with Crippen LogP contribution in [0.25, 0.3) is 17.4 Å². The molecule has 0 aliphatic carbocycles. The van der Waals surface area contributed by atoms with E-state index in [4.69, 9.17) is 27.6 Å². The van der Waals surface area contributed by atoms with Crippen LogP contribution >= 0.6 is 23.2 Å². The van der Waals surface area contributed by atoms with E-state index in [0.717, 1.165) is 6.08 Å². The zero-order chi connectivity index (χ0) is 24.7. The molecule has 2 amide bonds. The average molecular weight is 511 g/mol. The van der Waals surface area contributed by atoms with Crippen LogP contribution in [0.5, 0.6) is 0 Å². The van der Waals surface area contributed by atoms with E-state index in [-0.39, 0.29) is 16.3 Å². The van der Waals surface area contributed by atoms with Gasteiger partial charge in [-0.25, -0.2) is 4.79 Å². The Morgan fingerprint density at radius 1 is 1.06 bits per heavy atom. The summed E-state index contributed by atoms with van der Waals surface area (Å²) in [4.78, 5) is 25.2. The molecule has 4 rings (SSSR count). The maximum atomic E-state index is 13.9. The summed E-state index contributed by atoms with van der Waals surface area (Å²) >= 11 is 11.9. The van der Waals surface area contributed by atoms with Crippen molar-refractivity contribution >= 4 is 41.1 Å². The van der Waals surface area contributed by atoms with Crippen molar-refractivity contribution in [3.8, 4) is 11.3 Å². The number of carbonyl (C=O) groups excluding carboxylic acids is 2. The van der Waals surface area contributed by atoms with Crippen molar-refractivity contribution in [1.29, 1.82) is 0 Å². The molecule has 1 aliphatic rings. The molecule has 2 heterocycles. The molecule has 0 bridgehead atoms. The number of alkyl halides is 3. The first-order valence-electron chi connectivity index (χ1n) is 9.74. The zero-order valence-electron chi connectivity index (χ0n) is 17.0. The summed E-state index contributed by atoms with van der Waals surface area (Å²) in [5.74, 6) is -2.96. The van der Waals surface area contributed by atoms with Crippen LogP contribution in [0.1, 0.15) is 16.1 Å². The fraction of sp³-hybridized carbons (Fsp3) is 0.130. The van der Waals surface area contributed by atoms with Gasteiger partial charge in [-0.15, -0.1) is 0 Å². The van der Waals surface area contributed by atoms with E-state index in [1.807, 2.05) is 0 Å². The number of urea groups is 1. The van der Waals surface area contributed by atoms with E-state index in [9.17, 15) is 27.9 Å². The van der Waals surface area contributed by atoms with Crippen LogP contribution in [0.2, 0.25) is 10.0 Å². The van der Waals surface area contributed by atoms with Crippen LogP contribution in [0.15, 0.2) is 70.8 Å². The number of carbonyl (C=O) groups is 2. The van der Waals surface area contributed by atoms with E-state index >= 15 is 0 Å². The van der Waals surface area contributed by atoms with Gasteiger partial charge in [-0.2, -0.15) is 13.2 Å². The van der Waals surface area contributed by atoms with E-state index in [1.165, 1.54) is 47.8 Å². The van der Waals surface area contributed by atoms with Gasteiger partial charge < -0.3 is 20.2 Å². The predicted molar refractivity (Wildman–Crippen MR) is 119 cm³/mol. The van der Waals surface area contributed by atoms with Crippen molar-refractivity contribution in [3.05, 3.63) is 87.7 Å². The quantitative estimate of drug-likeness (QED) is 0.395. The number of benzene rings is 2. The molecule has 0 spiro atoms. The molecule has 3 aromatic rings. The van der Waals surface area contributed by atoms with Gasteiger partial charge in [0.25, 0.3) is 5.72 Å². The Hall–Kier alpha value is -3.27. The van der Waals surface area contributed by atoms with E-state index in [0.29, 0.717) is 16.3 Å². The lowest BCUT2D eigenvalue weighted by Crippen LogP contribution is -2.71. The van der Waals surface area contributed by atoms with Gasteiger partial charge in [-0.05, 0) is 30.3 Å². The number of nitrogens with one attached hydrogen (secondary N) is 2. The molecular formula is C23H15Cl2F3N2O4. The number of rotatable bonds is 4. The number of hydrogen-bond donors (Lipinski definition) is 3. The molecule has 1 saturated heterocycles. The highest BCUT2D eigenvalue weighted by molar-refractivity contribution is 6.42. The first-order valence-corrected chi connectivity index (χ1v) is 10.5. The molecule has 1 fully saturated rings. The predicted octanol–water partition coefficient (Wildman–Crippen LogP) is 5.66. The van der Waals surface area contributed by atoms with Crippen LogP contribution < -0.4 is 10.6 Å². The highest BCUT2D eigenvalue weighted by atomic mass is 35.5. The Balaban J connectivity index is 1.79. The maximum Gasteiger partial charge on any atom is 0.437 e. The van der Waals surface area contributed by atoms with Crippen LogP contribution in [-0.4, -0.2) is 28.8 Å². The van der Waals surface area contributed by atoms with Gasteiger partial charge in [-0.1, -0.05) is 53.5 Å². The van der Waals surface area contributed by atoms with Gasteiger partial charge in [0.15, 0.2) is 5.78 Å². The van der Waals surface area contributed by atoms with Gasteiger partial charge in [0.1, 0.15) is 17.4 Å². The van der Waals surface area contributed by atoms with Gasteiger partial charge in [0.05, 0.1) is 10.0 Å². The van der Waals surface area contributed by atoms with E-state index in [1.54, 1.807) is 18.2 Å². The van der Waals surface area contributed by atoms with Crippen molar-refractivity contribution in [2.75, 3.05) is 0 Å². The Labute approximate surface area is 201 Å². The Bertz CT molecular complexity index is 1290. The molecule has 2 atom stereocenters. The average Bonchev–Trinajstić information content (AvgIpc) is 3.23. The Morgan fingerprint density at radius 2 is 1.76 bits per heavy atom. The molecule has 1 aliphatic heterocycles. The smallest absolute Gasteiger partial charge is 0.437 e. The minimum atomic E-state index is -5.37. The number of amides is 2. The molecule has 3 N–H and O–H groups in total. The largest absolute Gasteiger partial charge is 0.457 e. The zero-order valence-corrected chi connectivity index (χ0v) is 18.5. The molecule has 34 heavy (non-hydrogen) atoms. The molecule has 0 unspecified atom stereocenters. The van der Waals surface area contributed by atoms with Crippen molar-refractivity contribution < 1.29 is 32.3 Å². The van der Waals surface area contributed by atoms with Crippen LogP contribution in [0.3, 0.4) is 0 Å². The second kappa shape index (κ2) is 8.83. The van der Waals surface area contributed by atoms with Gasteiger partial charge in [0.2, 0.25) is 0 Å². The first-order chi connectivity index (χ1) is 16.0. The van der Waals surface area contributed by atoms with Crippen LogP contribution in [0.4, 0.5) is 18.0 Å². The molecule has 176 valence electrons. The number of Topliss-reactive ketones (excluding diaryl/α,β-unsaturated/α-hetero) is 1. The fourth-order valence-corrected chi connectivity index (χ4v) is 3.85. The summed E-state index contributed by atoms with van der Waals surface area (Å²) in [5.41, 5.74) is -3.90. The van der Waals surface area contributed by atoms with Crippen molar-refractivity contribution in [2.45, 2.75) is 11.9 Å².